The third-order valence-electron chi connectivity index (χ3n) is 2.83. The van der Waals surface area contributed by atoms with Gasteiger partial charge in [-0.25, -0.2) is 4.39 Å². The average Bonchev–Trinajstić information content (AvgIpc) is 2.54. The molecule has 0 heterocycles. The van der Waals surface area contributed by atoms with Crippen LogP contribution in [0.25, 0.3) is 6.08 Å². The van der Waals surface area contributed by atoms with E-state index < -0.39 is 5.82 Å². The SMILES string of the molecule is N#CCOc1ccccc1C=CC(=O)c1ccc(F)c(Cl)c1. The van der Waals surface area contributed by atoms with E-state index in [2.05, 4.69) is 0 Å². The van der Waals surface area contributed by atoms with Gasteiger partial charge in [-0.05, 0) is 36.4 Å². The number of hydrogen-bond acceptors (Lipinski definition) is 3. The van der Waals surface area contributed by atoms with E-state index in [0.29, 0.717) is 11.3 Å². The molecule has 0 aromatic heterocycles. The number of rotatable bonds is 5. The lowest BCUT2D eigenvalue weighted by atomic mass is 10.1. The van der Waals surface area contributed by atoms with Gasteiger partial charge in [0.15, 0.2) is 12.4 Å². The topological polar surface area (TPSA) is 50.1 Å². The Morgan fingerprint density at radius 3 is 2.82 bits per heavy atom. The molecule has 3 nitrogen and oxygen atoms in total. The van der Waals surface area contributed by atoms with E-state index in [4.69, 9.17) is 21.6 Å². The second-order valence-corrected chi connectivity index (χ2v) is 4.72. The second-order valence-electron chi connectivity index (χ2n) is 4.31. The van der Waals surface area contributed by atoms with Crippen LogP contribution in [0.5, 0.6) is 5.75 Å². The molecule has 0 fully saturated rings. The predicted molar refractivity (Wildman–Crippen MR) is 82.3 cm³/mol. The molecule has 0 aliphatic heterocycles. The predicted octanol–water partition coefficient (Wildman–Crippen LogP) is 4.28. The number of nitrogens with zero attached hydrogens (tertiary/aromatic N) is 1. The van der Waals surface area contributed by atoms with E-state index in [1.165, 1.54) is 18.2 Å². The van der Waals surface area contributed by atoms with E-state index in [1.807, 2.05) is 6.07 Å². The van der Waals surface area contributed by atoms with Crippen molar-refractivity contribution in [3.63, 3.8) is 0 Å². The molecule has 0 amide bonds. The van der Waals surface area contributed by atoms with Gasteiger partial charge in [0.05, 0.1) is 5.02 Å². The van der Waals surface area contributed by atoms with E-state index in [9.17, 15) is 9.18 Å². The Hall–Kier alpha value is -2.64. The quantitative estimate of drug-likeness (QED) is 0.611. The Kier molecular flexibility index (Phi) is 5.29. The fourth-order valence-electron chi connectivity index (χ4n) is 1.77. The summed E-state index contributed by atoms with van der Waals surface area (Å²) in [6, 6.07) is 12.7. The maximum Gasteiger partial charge on any atom is 0.185 e. The van der Waals surface area contributed by atoms with Gasteiger partial charge < -0.3 is 4.74 Å². The number of halogens is 2. The minimum Gasteiger partial charge on any atom is -0.478 e. The van der Waals surface area contributed by atoms with E-state index >= 15 is 0 Å². The first-order valence-corrected chi connectivity index (χ1v) is 6.76. The van der Waals surface area contributed by atoms with Crippen LogP contribution < -0.4 is 4.74 Å². The van der Waals surface area contributed by atoms with Gasteiger partial charge >= 0.3 is 0 Å². The van der Waals surface area contributed by atoms with Crippen LogP contribution in [0.3, 0.4) is 0 Å². The zero-order valence-corrected chi connectivity index (χ0v) is 12.2. The first-order chi connectivity index (χ1) is 10.6. The van der Waals surface area contributed by atoms with Gasteiger partial charge in [0, 0.05) is 11.1 Å². The van der Waals surface area contributed by atoms with Crippen LogP contribution >= 0.6 is 11.6 Å². The lowest BCUT2D eigenvalue weighted by Gasteiger charge is -2.05. The molecule has 0 aliphatic carbocycles. The summed E-state index contributed by atoms with van der Waals surface area (Å²) in [5.41, 5.74) is 0.956. The number of benzene rings is 2. The van der Waals surface area contributed by atoms with Crippen molar-refractivity contribution in [2.24, 2.45) is 0 Å². The van der Waals surface area contributed by atoms with E-state index in [1.54, 1.807) is 30.3 Å². The van der Waals surface area contributed by atoms with Crippen LogP contribution in [0, 0.1) is 17.1 Å². The standard InChI is InChI=1S/C17H11ClFNO2/c18-14-11-13(5-7-15(14)19)16(21)8-6-12-3-1-2-4-17(12)22-10-9-20/h1-8,11H,10H2. The molecule has 0 unspecified atom stereocenters. The van der Waals surface area contributed by atoms with Gasteiger partial charge in [-0.3, -0.25) is 4.79 Å². The third-order valence-corrected chi connectivity index (χ3v) is 3.12. The molecule has 0 saturated heterocycles. The van der Waals surface area contributed by atoms with Gasteiger partial charge in [-0.2, -0.15) is 5.26 Å². The number of carbonyl (C=O) groups is 1. The minimum atomic E-state index is -0.572. The molecule has 22 heavy (non-hydrogen) atoms. The number of ether oxygens (including phenoxy) is 1. The van der Waals surface area contributed by atoms with Crippen molar-refractivity contribution >= 4 is 23.5 Å². The first-order valence-electron chi connectivity index (χ1n) is 6.38. The Bertz CT molecular complexity index is 765. The van der Waals surface area contributed by atoms with Crippen molar-refractivity contribution in [3.05, 3.63) is 70.5 Å². The van der Waals surface area contributed by atoms with Crippen LogP contribution in [0.15, 0.2) is 48.5 Å². The van der Waals surface area contributed by atoms with Crippen molar-refractivity contribution in [1.29, 1.82) is 5.26 Å². The fourth-order valence-corrected chi connectivity index (χ4v) is 1.95. The summed E-state index contributed by atoms with van der Waals surface area (Å²) in [5.74, 6) is -0.375. The number of hydrogen-bond donors (Lipinski definition) is 0. The number of allylic oxidation sites excluding steroid dienone is 1. The molecule has 0 saturated carbocycles. The summed E-state index contributed by atoms with van der Waals surface area (Å²) in [7, 11) is 0. The van der Waals surface area contributed by atoms with Crippen molar-refractivity contribution in [2.75, 3.05) is 6.61 Å². The van der Waals surface area contributed by atoms with E-state index in [-0.39, 0.29) is 23.0 Å². The lowest BCUT2D eigenvalue weighted by molar-refractivity contribution is 0.104. The summed E-state index contributed by atoms with van der Waals surface area (Å²) in [6.45, 7) is -0.0770. The highest BCUT2D eigenvalue weighted by molar-refractivity contribution is 6.31. The molecule has 0 aliphatic rings. The minimum absolute atomic E-state index is 0.0770. The monoisotopic (exact) mass is 315 g/mol. The molecule has 2 rings (SSSR count). The molecule has 0 N–H and O–H groups in total. The van der Waals surface area contributed by atoms with Crippen LogP contribution in [0.1, 0.15) is 15.9 Å². The number of para-hydroxylation sites is 1. The molecule has 0 atom stereocenters. The van der Waals surface area contributed by atoms with Gasteiger partial charge in [-0.1, -0.05) is 29.8 Å². The highest BCUT2D eigenvalue weighted by Gasteiger charge is 2.06. The molecule has 5 heteroatoms. The van der Waals surface area contributed by atoms with Crippen LogP contribution in [-0.4, -0.2) is 12.4 Å². The number of nitriles is 1. The van der Waals surface area contributed by atoms with E-state index in [0.717, 1.165) is 6.07 Å². The highest BCUT2D eigenvalue weighted by atomic mass is 35.5. The third kappa shape index (κ3) is 3.94. The highest BCUT2D eigenvalue weighted by Crippen LogP contribution is 2.20. The molecular weight excluding hydrogens is 305 g/mol. The second kappa shape index (κ2) is 7.39. The molecule has 2 aromatic carbocycles. The Morgan fingerprint density at radius 2 is 2.09 bits per heavy atom. The zero-order valence-electron chi connectivity index (χ0n) is 11.4. The molecule has 0 radical (unpaired) electrons. The summed E-state index contributed by atoms with van der Waals surface area (Å²) >= 11 is 5.66. The van der Waals surface area contributed by atoms with Crippen LogP contribution in [-0.2, 0) is 0 Å². The smallest absolute Gasteiger partial charge is 0.185 e. The summed E-state index contributed by atoms with van der Waals surface area (Å²) in [6.07, 6.45) is 2.92. The maximum atomic E-state index is 13.1. The zero-order chi connectivity index (χ0) is 15.9. The fraction of sp³-hybridized carbons (Fsp3) is 0.0588. The summed E-state index contributed by atoms with van der Waals surface area (Å²) in [4.78, 5) is 12.0. The number of carbonyl (C=O) groups excluding carboxylic acids is 1. The molecule has 0 spiro atoms. The lowest BCUT2D eigenvalue weighted by Crippen LogP contribution is -1.97. The van der Waals surface area contributed by atoms with Gasteiger partial charge in [0.2, 0.25) is 0 Å². The molecule has 0 bridgehead atoms. The van der Waals surface area contributed by atoms with Crippen molar-refractivity contribution in [2.45, 2.75) is 0 Å². The van der Waals surface area contributed by atoms with Crippen molar-refractivity contribution < 1.29 is 13.9 Å². The molecular formula is C17H11ClFNO2. The van der Waals surface area contributed by atoms with Crippen molar-refractivity contribution in [3.8, 4) is 11.8 Å². The first kappa shape index (κ1) is 15.7. The average molecular weight is 316 g/mol. The normalized spacial score (nSPS) is 10.4. The van der Waals surface area contributed by atoms with Gasteiger partial charge in [-0.15, -0.1) is 0 Å². The number of ketones is 1. The Balaban J connectivity index is 2.19. The summed E-state index contributed by atoms with van der Waals surface area (Å²) < 4.78 is 18.3. The maximum absolute atomic E-state index is 13.1. The van der Waals surface area contributed by atoms with Crippen molar-refractivity contribution in [1.82, 2.24) is 0 Å². The largest absolute Gasteiger partial charge is 0.478 e. The van der Waals surface area contributed by atoms with Crippen LogP contribution in [0.4, 0.5) is 4.39 Å². The van der Waals surface area contributed by atoms with Gasteiger partial charge in [0.25, 0.3) is 0 Å². The molecule has 110 valence electrons. The Labute approximate surface area is 132 Å². The van der Waals surface area contributed by atoms with Crippen LogP contribution in [0.2, 0.25) is 5.02 Å². The summed E-state index contributed by atoms with van der Waals surface area (Å²) in [5, 5.41) is 8.44. The van der Waals surface area contributed by atoms with Gasteiger partial charge in [0.1, 0.15) is 17.6 Å². The Morgan fingerprint density at radius 1 is 1.32 bits per heavy atom. The molecule has 2 aromatic rings.